The van der Waals surface area contributed by atoms with Gasteiger partial charge in [-0.1, -0.05) is 107 Å². The van der Waals surface area contributed by atoms with Crippen LogP contribution in [0.2, 0.25) is 0 Å². The number of benzene rings is 1. The fourth-order valence-corrected chi connectivity index (χ4v) is 4.38. The number of nitrogens with zero attached hydrogens (tertiary/aromatic N) is 2. The van der Waals surface area contributed by atoms with Gasteiger partial charge in [-0.05, 0) is 105 Å². The Kier molecular flexibility index (Phi) is 36.0. The van der Waals surface area contributed by atoms with Gasteiger partial charge in [0.05, 0.1) is 6.61 Å². The van der Waals surface area contributed by atoms with E-state index in [1.54, 1.807) is 0 Å². The highest BCUT2D eigenvalue weighted by atomic mass is 16.5. The van der Waals surface area contributed by atoms with Gasteiger partial charge < -0.3 is 4.74 Å². The van der Waals surface area contributed by atoms with E-state index in [4.69, 9.17) is 4.74 Å². The van der Waals surface area contributed by atoms with E-state index in [-0.39, 0.29) is 0 Å². The minimum atomic E-state index is 0.886. The van der Waals surface area contributed by atoms with Crippen LogP contribution in [0.5, 0.6) is 5.75 Å². The standard InChI is InChI=1S/2C9H11N.C9H10O.6C2H6/c1-2-6-9-8(4-1)5-3-7-10-9;1-2-4-9-7-10-6-5-8(9)3-1;1-2-6-9-8(4-1)5-3-7-10-9;6*1-2/h3,5,7H,1-2,4,6H2;5-7H,1-4H2;1-2,4,6H,3,5,7H2;6*1-2H3. The molecule has 1 aliphatic heterocycles. The van der Waals surface area contributed by atoms with Crippen LogP contribution in [0.25, 0.3) is 0 Å². The van der Waals surface area contributed by atoms with Crippen molar-refractivity contribution in [3.8, 4) is 5.75 Å². The number of aromatic nitrogens is 2. The number of hydrogen-bond acceptors (Lipinski definition) is 3. The highest BCUT2D eigenvalue weighted by Crippen LogP contribution is 2.23. The average Bonchev–Trinajstić information content (AvgIpc) is 3.14. The molecule has 3 heteroatoms. The van der Waals surface area contributed by atoms with Crippen molar-refractivity contribution in [3.05, 3.63) is 89.0 Å². The van der Waals surface area contributed by atoms with Crippen LogP contribution in [0.3, 0.4) is 0 Å². The molecule has 3 aliphatic rings. The van der Waals surface area contributed by atoms with Crippen molar-refractivity contribution in [2.75, 3.05) is 6.61 Å². The zero-order valence-corrected chi connectivity index (χ0v) is 29.9. The molecule has 0 saturated carbocycles. The van der Waals surface area contributed by atoms with Crippen molar-refractivity contribution in [3.63, 3.8) is 0 Å². The van der Waals surface area contributed by atoms with Crippen LogP contribution >= 0.6 is 0 Å². The molecule has 3 nitrogen and oxygen atoms in total. The van der Waals surface area contributed by atoms with Crippen molar-refractivity contribution in [1.29, 1.82) is 0 Å². The van der Waals surface area contributed by atoms with Crippen LogP contribution in [0.4, 0.5) is 0 Å². The zero-order valence-electron chi connectivity index (χ0n) is 29.9. The SMILES string of the molecule is CC.CC.CC.CC.CC.CC.c1cc2c(cn1)CCCC2.c1ccc2c(c1)CCCO2.c1cnc2c(c1)CCCC2. The van der Waals surface area contributed by atoms with Crippen molar-refractivity contribution in [2.45, 2.75) is 147 Å². The van der Waals surface area contributed by atoms with E-state index < -0.39 is 0 Å². The monoisotopic (exact) mass is 581 g/mol. The first-order valence-corrected chi connectivity index (χ1v) is 17.5. The maximum atomic E-state index is 5.42. The molecule has 0 amide bonds. The number of rotatable bonds is 0. The minimum absolute atomic E-state index is 0.886. The number of aryl methyl sites for hydroxylation is 5. The van der Waals surface area contributed by atoms with Gasteiger partial charge in [-0.25, -0.2) is 0 Å². The molecule has 0 saturated heterocycles. The lowest BCUT2D eigenvalue weighted by molar-refractivity contribution is 0.288. The molecule has 0 bridgehead atoms. The molecule has 0 N–H and O–H groups in total. The summed E-state index contributed by atoms with van der Waals surface area (Å²) >= 11 is 0. The quantitative estimate of drug-likeness (QED) is 0.265. The van der Waals surface area contributed by atoms with E-state index in [9.17, 15) is 0 Å². The molecule has 0 fully saturated rings. The molecule has 2 aromatic heterocycles. The van der Waals surface area contributed by atoms with Crippen LogP contribution in [0, 0.1) is 0 Å². The molecule has 42 heavy (non-hydrogen) atoms. The maximum Gasteiger partial charge on any atom is 0.122 e. The van der Waals surface area contributed by atoms with E-state index in [0.29, 0.717) is 0 Å². The lowest BCUT2D eigenvalue weighted by atomic mass is 9.94. The lowest BCUT2D eigenvalue weighted by Crippen LogP contribution is -2.07. The topological polar surface area (TPSA) is 35.0 Å². The second kappa shape index (κ2) is 34.5. The van der Waals surface area contributed by atoms with Gasteiger partial charge in [-0.2, -0.15) is 0 Å². The summed E-state index contributed by atoms with van der Waals surface area (Å²) in [5.41, 5.74) is 7.13. The molecule has 0 spiro atoms. The summed E-state index contributed by atoms with van der Waals surface area (Å²) in [4.78, 5) is 8.42. The van der Waals surface area contributed by atoms with E-state index >= 15 is 0 Å². The van der Waals surface area contributed by atoms with Gasteiger partial charge in [0.2, 0.25) is 0 Å². The van der Waals surface area contributed by atoms with E-state index in [1.807, 2.05) is 120 Å². The van der Waals surface area contributed by atoms with Crippen LogP contribution < -0.4 is 4.74 Å². The van der Waals surface area contributed by atoms with E-state index in [1.165, 1.54) is 85.7 Å². The summed E-state index contributed by atoms with van der Waals surface area (Å²) in [5.74, 6) is 1.08. The number of ether oxygens (including phenoxy) is 1. The fourth-order valence-electron chi connectivity index (χ4n) is 4.38. The molecule has 3 heterocycles. The van der Waals surface area contributed by atoms with Gasteiger partial charge in [0, 0.05) is 24.3 Å². The Morgan fingerprint density at radius 1 is 0.476 bits per heavy atom. The summed E-state index contributed by atoms with van der Waals surface area (Å²) in [5, 5.41) is 0. The molecule has 2 aliphatic carbocycles. The third-order valence-electron chi connectivity index (χ3n) is 6.06. The fraction of sp³-hybridized carbons (Fsp3) is 0.590. The molecule has 0 radical (unpaired) electrons. The second-order valence-corrected chi connectivity index (χ2v) is 8.23. The summed E-state index contributed by atoms with van der Waals surface area (Å²) in [7, 11) is 0. The van der Waals surface area contributed by atoms with Crippen LogP contribution in [0.1, 0.15) is 143 Å². The first-order valence-electron chi connectivity index (χ1n) is 17.5. The van der Waals surface area contributed by atoms with Crippen molar-refractivity contribution >= 4 is 0 Å². The predicted octanol–water partition coefficient (Wildman–Crippen LogP) is 12.1. The Morgan fingerprint density at radius 2 is 1.00 bits per heavy atom. The largest absolute Gasteiger partial charge is 0.493 e. The summed E-state index contributed by atoms with van der Waals surface area (Å²) in [6.07, 6.45) is 18.4. The van der Waals surface area contributed by atoms with Crippen molar-refractivity contribution < 1.29 is 4.74 Å². The molecule has 3 aromatic rings. The van der Waals surface area contributed by atoms with Gasteiger partial charge in [0.25, 0.3) is 0 Å². The van der Waals surface area contributed by atoms with Crippen molar-refractivity contribution in [1.82, 2.24) is 9.97 Å². The Morgan fingerprint density at radius 3 is 1.60 bits per heavy atom. The van der Waals surface area contributed by atoms with E-state index in [0.717, 1.165) is 18.8 Å². The Labute approximate surface area is 263 Å². The maximum absolute atomic E-state index is 5.42. The van der Waals surface area contributed by atoms with Crippen LogP contribution in [-0.2, 0) is 32.1 Å². The second-order valence-electron chi connectivity index (χ2n) is 8.23. The number of hydrogen-bond donors (Lipinski definition) is 0. The first-order chi connectivity index (χ1) is 20.9. The molecule has 240 valence electrons. The summed E-state index contributed by atoms with van der Waals surface area (Å²) < 4.78 is 5.42. The third kappa shape index (κ3) is 18.7. The molecule has 1 aromatic carbocycles. The number of fused-ring (bicyclic) bond motifs is 3. The Bertz CT molecular complexity index is 741. The van der Waals surface area contributed by atoms with Crippen LogP contribution in [0.15, 0.2) is 61.1 Å². The normalized spacial score (nSPS) is 12.4. The molecule has 0 unspecified atom stereocenters. The van der Waals surface area contributed by atoms with Crippen molar-refractivity contribution in [2.24, 2.45) is 0 Å². The van der Waals surface area contributed by atoms with Gasteiger partial charge in [-0.15, -0.1) is 0 Å². The third-order valence-corrected chi connectivity index (χ3v) is 6.06. The molecular weight excluding hydrogens is 512 g/mol. The predicted molar refractivity (Wildman–Crippen MR) is 190 cm³/mol. The Hall–Kier alpha value is -2.68. The van der Waals surface area contributed by atoms with E-state index in [2.05, 4.69) is 34.2 Å². The summed E-state index contributed by atoms with van der Waals surface area (Å²) in [6, 6.07) is 14.6. The smallest absolute Gasteiger partial charge is 0.122 e. The van der Waals surface area contributed by atoms with Crippen LogP contribution in [-0.4, -0.2) is 16.6 Å². The molecule has 6 rings (SSSR count). The van der Waals surface area contributed by atoms with Gasteiger partial charge >= 0.3 is 0 Å². The molecular formula is C39H68N2O. The zero-order chi connectivity index (χ0) is 32.4. The molecule has 0 atom stereocenters. The van der Waals surface area contributed by atoms with Gasteiger partial charge in [0.1, 0.15) is 5.75 Å². The van der Waals surface area contributed by atoms with Gasteiger partial charge in [-0.3, -0.25) is 9.97 Å². The minimum Gasteiger partial charge on any atom is -0.493 e. The number of pyridine rings is 2. The summed E-state index contributed by atoms with van der Waals surface area (Å²) in [6.45, 7) is 24.9. The first kappa shape index (κ1) is 43.8. The lowest BCUT2D eigenvalue weighted by Gasteiger charge is -2.15. The highest BCUT2D eigenvalue weighted by Gasteiger charge is 2.08. The van der Waals surface area contributed by atoms with Gasteiger partial charge in [0.15, 0.2) is 0 Å². The highest BCUT2D eigenvalue weighted by molar-refractivity contribution is 5.34. The number of para-hydroxylation sites is 1. The average molecular weight is 581 g/mol. The Balaban J connectivity index is -0.000000461.